The molecule has 98 valence electrons. The Morgan fingerprint density at radius 3 is 2.76 bits per heavy atom. The van der Waals surface area contributed by atoms with E-state index in [1.807, 2.05) is 4.90 Å². The van der Waals surface area contributed by atoms with Crippen molar-refractivity contribution in [3.05, 3.63) is 0 Å². The molecule has 0 spiro atoms. The molecule has 1 saturated carbocycles. The quantitative estimate of drug-likeness (QED) is 0.778. The first-order chi connectivity index (χ1) is 8.22. The molecule has 4 nitrogen and oxygen atoms in total. The van der Waals surface area contributed by atoms with Gasteiger partial charge < -0.3 is 9.80 Å². The van der Waals surface area contributed by atoms with Crippen LogP contribution in [0.5, 0.6) is 0 Å². The van der Waals surface area contributed by atoms with Crippen molar-refractivity contribution in [3.8, 4) is 0 Å². The standard InChI is InChI=1S/C13H25N3O/c1-3-12-14-10-13(17)16(12)9-8-15(2)11-6-4-5-7-11/h11-12,14H,3-10H2,1-2H3. The third-order valence-corrected chi connectivity index (χ3v) is 4.21. The van der Waals surface area contributed by atoms with Crippen molar-refractivity contribution in [2.24, 2.45) is 0 Å². The smallest absolute Gasteiger partial charge is 0.237 e. The van der Waals surface area contributed by atoms with Gasteiger partial charge in [0.2, 0.25) is 5.91 Å². The number of carbonyl (C=O) groups excluding carboxylic acids is 1. The van der Waals surface area contributed by atoms with E-state index >= 15 is 0 Å². The highest BCUT2D eigenvalue weighted by atomic mass is 16.2. The number of hydrogen-bond donors (Lipinski definition) is 1. The monoisotopic (exact) mass is 239 g/mol. The van der Waals surface area contributed by atoms with E-state index in [2.05, 4.69) is 24.2 Å². The molecule has 1 heterocycles. The summed E-state index contributed by atoms with van der Waals surface area (Å²) in [6, 6.07) is 0.751. The number of carbonyl (C=O) groups is 1. The summed E-state index contributed by atoms with van der Waals surface area (Å²) in [6.45, 7) is 4.53. The second kappa shape index (κ2) is 5.83. The Morgan fingerprint density at radius 2 is 2.12 bits per heavy atom. The minimum Gasteiger partial charge on any atom is -0.325 e. The van der Waals surface area contributed by atoms with Gasteiger partial charge in [0.25, 0.3) is 0 Å². The number of likely N-dealkylation sites (N-methyl/N-ethyl adjacent to an activating group) is 1. The summed E-state index contributed by atoms with van der Waals surface area (Å²) in [5.41, 5.74) is 0. The first kappa shape index (κ1) is 12.8. The molecule has 2 aliphatic rings. The van der Waals surface area contributed by atoms with E-state index in [1.165, 1.54) is 25.7 Å². The van der Waals surface area contributed by atoms with E-state index in [0.29, 0.717) is 6.54 Å². The van der Waals surface area contributed by atoms with Crippen LogP contribution in [0.2, 0.25) is 0 Å². The lowest BCUT2D eigenvalue weighted by molar-refractivity contribution is -0.128. The highest BCUT2D eigenvalue weighted by Gasteiger charge is 2.29. The van der Waals surface area contributed by atoms with E-state index in [0.717, 1.165) is 25.6 Å². The van der Waals surface area contributed by atoms with Gasteiger partial charge in [0.05, 0.1) is 12.7 Å². The fourth-order valence-electron chi connectivity index (χ4n) is 3.03. The Morgan fingerprint density at radius 1 is 1.41 bits per heavy atom. The zero-order valence-corrected chi connectivity index (χ0v) is 11.1. The molecule has 2 fully saturated rings. The van der Waals surface area contributed by atoms with Gasteiger partial charge in [-0.1, -0.05) is 19.8 Å². The van der Waals surface area contributed by atoms with Crippen LogP contribution in [0.3, 0.4) is 0 Å². The van der Waals surface area contributed by atoms with E-state index in [1.54, 1.807) is 0 Å². The van der Waals surface area contributed by atoms with Crippen molar-refractivity contribution in [1.29, 1.82) is 0 Å². The molecule has 1 atom stereocenters. The Labute approximate surface area is 104 Å². The summed E-state index contributed by atoms with van der Waals surface area (Å²) in [5.74, 6) is 0.261. The van der Waals surface area contributed by atoms with E-state index < -0.39 is 0 Å². The third-order valence-electron chi connectivity index (χ3n) is 4.21. The van der Waals surface area contributed by atoms with Gasteiger partial charge in [-0.15, -0.1) is 0 Å². The molecule has 1 unspecified atom stereocenters. The molecule has 0 aromatic rings. The van der Waals surface area contributed by atoms with Gasteiger partial charge in [0.15, 0.2) is 0 Å². The summed E-state index contributed by atoms with van der Waals surface area (Å²) >= 11 is 0. The summed E-state index contributed by atoms with van der Waals surface area (Å²) in [6.07, 6.45) is 6.67. The van der Waals surface area contributed by atoms with Crippen LogP contribution in [0.15, 0.2) is 0 Å². The van der Waals surface area contributed by atoms with Crippen molar-refractivity contribution < 1.29 is 4.79 Å². The van der Waals surface area contributed by atoms with Gasteiger partial charge in [0.1, 0.15) is 0 Å². The first-order valence-electron chi connectivity index (χ1n) is 6.95. The summed E-state index contributed by atoms with van der Waals surface area (Å²) < 4.78 is 0. The Hall–Kier alpha value is -0.610. The molecule has 1 N–H and O–H groups in total. The molecular formula is C13H25N3O. The largest absolute Gasteiger partial charge is 0.325 e. The molecular weight excluding hydrogens is 214 g/mol. The summed E-state index contributed by atoms with van der Waals surface area (Å²) in [7, 11) is 2.20. The highest BCUT2D eigenvalue weighted by Crippen LogP contribution is 2.22. The second-order valence-electron chi connectivity index (χ2n) is 5.31. The number of nitrogens with zero attached hydrogens (tertiary/aromatic N) is 2. The molecule has 1 aliphatic heterocycles. The second-order valence-corrected chi connectivity index (χ2v) is 5.31. The predicted octanol–water partition coefficient (Wildman–Crippen LogP) is 1.03. The van der Waals surface area contributed by atoms with Crippen molar-refractivity contribution in [3.63, 3.8) is 0 Å². The highest BCUT2D eigenvalue weighted by molar-refractivity contribution is 5.80. The van der Waals surface area contributed by atoms with Crippen molar-refractivity contribution in [2.75, 3.05) is 26.7 Å². The lowest BCUT2D eigenvalue weighted by Gasteiger charge is -2.29. The van der Waals surface area contributed by atoms with Gasteiger partial charge in [-0.3, -0.25) is 10.1 Å². The lowest BCUT2D eigenvalue weighted by atomic mass is 10.2. The fraction of sp³-hybridized carbons (Fsp3) is 0.923. The molecule has 0 aromatic carbocycles. The van der Waals surface area contributed by atoms with Gasteiger partial charge in [-0.05, 0) is 26.3 Å². The maximum Gasteiger partial charge on any atom is 0.237 e. The number of amides is 1. The average molecular weight is 239 g/mol. The molecule has 4 heteroatoms. The third kappa shape index (κ3) is 2.99. The van der Waals surface area contributed by atoms with E-state index in [4.69, 9.17) is 0 Å². The van der Waals surface area contributed by atoms with E-state index in [9.17, 15) is 4.79 Å². The number of hydrogen-bond acceptors (Lipinski definition) is 3. The summed E-state index contributed by atoms with van der Waals surface area (Å²) in [4.78, 5) is 16.2. The SMILES string of the molecule is CCC1NCC(=O)N1CCN(C)C1CCCC1. The van der Waals surface area contributed by atoms with Crippen LogP contribution < -0.4 is 5.32 Å². The van der Waals surface area contributed by atoms with Crippen LogP contribution in [-0.2, 0) is 4.79 Å². The van der Waals surface area contributed by atoms with Crippen molar-refractivity contribution in [1.82, 2.24) is 15.1 Å². The first-order valence-corrected chi connectivity index (χ1v) is 6.95. The van der Waals surface area contributed by atoms with Crippen LogP contribution >= 0.6 is 0 Å². The zero-order valence-electron chi connectivity index (χ0n) is 11.1. The maximum absolute atomic E-state index is 11.7. The number of nitrogens with one attached hydrogen (secondary N) is 1. The minimum atomic E-state index is 0.261. The Balaban J connectivity index is 1.78. The molecule has 17 heavy (non-hydrogen) atoms. The van der Waals surface area contributed by atoms with Crippen molar-refractivity contribution in [2.45, 2.75) is 51.2 Å². The minimum absolute atomic E-state index is 0.261. The zero-order chi connectivity index (χ0) is 12.3. The molecule has 2 rings (SSSR count). The molecule has 0 aromatic heterocycles. The van der Waals surface area contributed by atoms with Crippen LogP contribution in [0.25, 0.3) is 0 Å². The Kier molecular flexibility index (Phi) is 4.40. The van der Waals surface area contributed by atoms with Crippen LogP contribution in [0, 0.1) is 0 Å². The number of rotatable bonds is 5. The van der Waals surface area contributed by atoms with Crippen molar-refractivity contribution >= 4 is 5.91 Å². The lowest BCUT2D eigenvalue weighted by Crippen LogP contribution is -2.43. The van der Waals surface area contributed by atoms with Gasteiger partial charge in [-0.2, -0.15) is 0 Å². The van der Waals surface area contributed by atoms with Gasteiger partial charge in [0, 0.05) is 19.1 Å². The van der Waals surface area contributed by atoms with E-state index in [-0.39, 0.29) is 12.1 Å². The predicted molar refractivity (Wildman–Crippen MR) is 68.7 cm³/mol. The molecule has 1 saturated heterocycles. The molecule has 1 aliphatic carbocycles. The maximum atomic E-state index is 11.7. The molecule has 0 bridgehead atoms. The van der Waals surface area contributed by atoms with Gasteiger partial charge >= 0.3 is 0 Å². The molecule has 1 amide bonds. The average Bonchev–Trinajstić information content (AvgIpc) is 2.95. The van der Waals surface area contributed by atoms with Crippen LogP contribution in [-0.4, -0.2) is 54.6 Å². The summed E-state index contributed by atoms with van der Waals surface area (Å²) in [5, 5.41) is 3.26. The topological polar surface area (TPSA) is 35.6 Å². The van der Waals surface area contributed by atoms with Crippen LogP contribution in [0.1, 0.15) is 39.0 Å². The van der Waals surface area contributed by atoms with Crippen LogP contribution in [0.4, 0.5) is 0 Å². The normalized spacial score (nSPS) is 26.4. The fourth-order valence-corrected chi connectivity index (χ4v) is 3.03. The molecule has 0 radical (unpaired) electrons. The Bertz CT molecular complexity index is 263. The van der Waals surface area contributed by atoms with Gasteiger partial charge in [-0.25, -0.2) is 0 Å².